The maximum atomic E-state index is 13.1. The molecule has 1 unspecified atom stereocenters. The van der Waals surface area contributed by atoms with Crippen molar-refractivity contribution in [3.63, 3.8) is 0 Å². The average molecular weight is 369 g/mol. The van der Waals surface area contributed by atoms with E-state index in [1.807, 2.05) is 48.5 Å². The number of hydrogen-bond donors (Lipinski definition) is 1. The van der Waals surface area contributed by atoms with Crippen LogP contribution in [-0.4, -0.2) is 5.16 Å². The molecule has 3 nitrogen and oxygen atoms in total. The summed E-state index contributed by atoms with van der Waals surface area (Å²) in [6.45, 7) is 0. The molecule has 0 aliphatic carbocycles. The largest absolute Gasteiger partial charge is 0.356 e. The van der Waals surface area contributed by atoms with E-state index < -0.39 is 0 Å². The van der Waals surface area contributed by atoms with Crippen LogP contribution >= 0.6 is 12.4 Å². The SMILES string of the molecule is Cl.NC(Cc1ccc(F)cc1)c1ccccc1-c1noc2ccccc12. The van der Waals surface area contributed by atoms with Crippen molar-refractivity contribution in [3.05, 3.63) is 89.7 Å². The highest BCUT2D eigenvalue weighted by molar-refractivity contribution is 5.92. The van der Waals surface area contributed by atoms with E-state index in [1.165, 1.54) is 12.1 Å². The zero-order valence-electron chi connectivity index (χ0n) is 13.9. The Bertz CT molecular complexity index is 1010. The summed E-state index contributed by atoms with van der Waals surface area (Å²) in [6.07, 6.45) is 0.618. The predicted molar refractivity (Wildman–Crippen MR) is 104 cm³/mol. The molecule has 0 fully saturated rings. The van der Waals surface area contributed by atoms with Gasteiger partial charge < -0.3 is 10.3 Å². The molecule has 0 saturated heterocycles. The van der Waals surface area contributed by atoms with Crippen molar-refractivity contribution in [1.29, 1.82) is 0 Å². The van der Waals surface area contributed by atoms with Gasteiger partial charge >= 0.3 is 0 Å². The normalized spacial score (nSPS) is 11.9. The Morgan fingerprint density at radius 1 is 0.923 bits per heavy atom. The van der Waals surface area contributed by atoms with Crippen molar-refractivity contribution in [2.45, 2.75) is 12.5 Å². The molecular formula is C21H18ClFN2O. The second kappa shape index (κ2) is 7.68. The van der Waals surface area contributed by atoms with Gasteiger partial charge in [0.1, 0.15) is 11.5 Å². The van der Waals surface area contributed by atoms with Crippen LogP contribution in [0.5, 0.6) is 0 Å². The van der Waals surface area contributed by atoms with E-state index in [1.54, 1.807) is 12.1 Å². The summed E-state index contributed by atoms with van der Waals surface area (Å²) in [5.74, 6) is -0.244. The third-order valence-electron chi connectivity index (χ3n) is 4.36. The van der Waals surface area contributed by atoms with Crippen molar-refractivity contribution in [3.8, 4) is 11.3 Å². The van der Waals surface area contributed by atoms with E-state index >= 15 is 0 Å². The Balaban J connectivity index is 0.00000196. The topological polar surface area (TPSA) is 52.0 Å². The van der Waals surface area contributed by atoms with Gasteiger partial charge in [0.15, 0.2) is 5.58 Å². The Hall–Kier alpha value is -2.69. The van der Waals surface area contributed by atoms with Crippen LogP contribution in [0.3, 0.4) is 0 Å². The van der Waals surface area contributed by atoms with Gasteiger partial charge in [-0.05, 0) is 41.8 Å². The van der Waals surface area contributed by atoms with Crippen molar-refractivity contribution >= 4 is 23.4 Å². The Kier molecular flexibility index (Phi) is 5.35. The molecule has 0 aliphatic rings. The van der Waals surface area contributed by atoms with Gasteiger partial charge in [-0.15, -0.1) is 12.4 Å². The number of halogens is 2. The first-order valence-corrected chi connectivity index (χ1v) is 8.16. The summed E-state index contributed by atoms with van der Waals surface area (Å²) < 4.78 is 18.5. The van der Waals surface area contributed by atoms with Gasteiger partial charge in [0.2, 0.25) is 0 Å². The smallest absolute Gasteiger partial charge is 0.167 e. The maximum absolute atomic E-state index is 13.1. The Labute approximate surface area is 157 Å². The van der Waals surface area contributed by atoms with Crippen molar-refractivity contribution in [1.82, 2.24) is 5.16 Å². The fourth-order valence-electron chi connectivity index (χ4n) is 3.10. The number of benzene rings is 3. The first-order chi connectivity index (χ1) is 12.2. The van der Waals surface area contributed by atoms with E-state index in [4.69, 9.17) is 10.3 Å². The molecule has 1 aromatic heterocycles. The Morgan fingerprint density at radius 3 is 2.42 bits per heavy atom. The number of nitrogens with zero attached hydrogens (tertiary/aromatic N) is 1. The highest BCUT2D eigenvalue weighted by Gasteiger charge is 2.17. The van der Waals surface area contributed by atoms with Gasteiger partial charge in [-0.3, -0.25) is 0 Å². The number of para-hydroxylation sites is 1. The fraction of sp³-hybridized carbons (Fsp3) is 0.0952. The van der Waals surface area contributed by atoms with Crippen LogP contribution in [-0.2, 0) is 6.42 Å². The molecule has 1 heterocycles. The van der Waals surface area contributed by atoms with Gasteiger partial charge in [0.25, 0.3) is 0 Å². The molecule has 3 aromatic carbocycles. The van der Waals surface area contributed by atoms with E-state index in [2.05, 4.69) is 5.16 Å². The zero-order valence-corrected chi connectivity index (χ0v) is 14.7. The van der Waals surface area contributed by atoms with Crippen LogP contribution in [0, 0.1) is 5.82 Å². The Morgan fingerprint density at radius 2 is 1.62 bits per heavy atom. The summed E-state index contributed by atoms with van der Waals surface area (Å²) in [7, 11) is 0. The molecule has 0 saturated carbocycles. The summed E-state index contributed by atoms with van der Waals surface area (Å²) in [5.41, 5.74) is 11.0. The first kappa shape index (κ1) is 18.1. The first-order valence-electron chi connectivity index (χ1n) is 8.16. The number of rotatable bonds is 4. The van der Waals surface area contributed by atoms with Crippen molar-refractivity contribution in [2.24, 2.45) is 5.73 Å². The number of fused-ring (bicyclic) bond motifs is 1. The molecule has 26 heavy (non-hydrogen) atoms. The molecule has 0 spiro atoms. The molecule has 0 amide bonds. The molecule has 4 rings (SSSR count). The van der Waals surface area contributed by atoms with Gasteiger partial charge in [-0.1, -0.05) is 53.7 Å². The standard InChI is InChI=1S/C21H17FN2O.ClH/c22-15-11-9-14(10-12-15)13-19(23)16-5-1-2-6-17(16)21-18-7-3-4-8-20(18)25-24-21;/h1-12,19H,13,23H2;1H. The molecule has 4 aromatic rings. The second-order valence-electron chi connectivity index (χ2n) is 6.05. The lowest BCUT2D eigenvalue weighted by Crippen LogP contribution is -2.14. The van der Waals surface area contributed by atoms with E-state index in [0.29, 0.717) is 6.42 Å². The lowest BCUT2D eigenvalue weighted by atomic mass is 9.93. The molecule has 0 radical (unpaired) electrons. The molecule has 132 valence electrons. The summed E-state index contributed by atoms with van der Waals surface area (Å²) >= 11 is 0. The lowest BCUT2D eigenvalue weighted by Gasteiger charge is -2.16. The van der Waals surface area contributed by atoms with Gasteiger partial charge in [0.05, 0.1) is 0 Å². The summed E-state index contributed by atoms with van der Waals surface area (Å²) in [5, 5.41) is 5.21. The van der Waals surface area contributed by atoms with Crippen LogP contribution in [0.15, 0.2) is 77.3 Å². The molecule has 2 N–H and O–H groups in total. The van der Waals surface area contributed by atoms with Crippen LogP contribution < -0.4 is 5.73 Å². The summed E-state index contributed by atoms with van der Waals surface area (Å²) in [6, 6.07) is 21.9. The van der Waals surface area contributed by atoms with Crippen molar-refractivity contribution in [2.75, 3.05) is 0 Å². The maximum Gasteiger partial charge on any atom is 0.167 e. The highest BCUT2D eigenvalue weighted by atomic mass is 35.5. The molecule has 0 bridgehead atoms. The molecule has 5 heteroatoms. The van der Waals surface area contributed by atoms with Crippen LogP contribution in [0.25, 0.3) is 22.2 Å². The quantitative estimate of drug-likeness (QED) is 0.532. The van der Waals surface area contributed by atoms with Gasteiger partial charge in [0, 0.05) is 17.0 Å². The minimum absolute atomic E-state index is 0. The summed E-state index contributed by atoms with van der Waals surface area (Å²) in [4.78, 5) is 0. The lowest BCUT2D eigenvalue weighted by molar-refractivity contribution is 0.459. The third kappa shape index (κ3) is 3.47. The van der Waals surface area contributed by atoms with Crippen LogP contribution in [0.1, 0.15) is 17.2 Å². The van der Waals surface area contributed by atoms with E-state index in [0.717, 1.165) is 33.4 Å². The van der Waals surface area contributed by atoms with E-state index in [-0.39, 0.29) is 24.3 Å². The second-order valence-corrected chi connectivity index (χ2v) is 6.05. The monoisotopic (exact) mass is 368 g/mol. The highest BCUT2D eigenvalue weighted by Crippen LogP contribution is 2.33. The molecular weight excluding hydrogens is 351 g/mol. The van der Waals surface area contributed by atoms with Gasteiger partial charge in [-0.2, -0.15) is 0 Å². The van der Waals surface area contributed by atoms with Crippen molar-refractivity contribution < 1.29 is 8.91 Å². The van der Waals surface area contributed by atoms with Crippen LogP contribution in [0.2, 0.25) is 0 Å². The predicted octanol–water partition coefficient (Wildman–Crippen LogP) is 5.30. The number of hydrogen-bond acceptors (Lipinski definition) is 3. The van der Waals surface area contributed by atoms with E-state index in [9.17, 15) is 4.39 Å². The molecule has 1 atom stereocenters. The number of nitrogens with two attached hydrogens (primary N) is 1. The average Bonchev–Trinajstić information content (AvgIpc) is 3.07. The third-order valence-corrected chi connectivity index (χ3v) is 4.36. The fourth-order valence-corrected chi connectivity index (χ4v) is 3.10. The van der Waals surface area contributed by atoms with Gasteiger partial charge in [-0.25, -0.2) is 4.39 Å². The minimum Gasteiger partial charge on any atom is -0.356 e. The number of aromatic nitrogens is 1. The molecule has 0 aliphatic heterocycles. The zero-order chi connectivity index (χ0) is 17.2. The van der Waals surface area contributed by atoms with Crippen LogP contribution in [0.4, 0.5) is 4.39 Å². The minimum atomic E-state index is -0.244.